The second-order valence-electron chi connectivity index (χ2n) is 7.44. The first kappa shape index (κ1) is 17.1. The Labute approximate surface area is 135 Å². The summed E-state index contributed by atoms with van der Waals surface area (Å²) in [5.74, 6) is 1.83. The summed E-state index contributed by atoms with van der Waals surface area (Å²) in [6.45, 7) is 12.0. The molecule has 2 nitrogen and oxygen atoms in total. The first-order valence-electron chi connectivity index (χ1n) is 8.81. The molecule has 0 aromatic heterocycles. The third-order valence-corrected chi connectivity index (χ3v) is 5.15. The van der Waals surface area contributed by atoms with E-state index in [0.717, 1.165) is 12.1 Å². The van der Waals surface area contributed by atoms with Crippen molar-refractivity contribution >= 4 is 5.91 Å². The average Bonchev–Trinajstić information content (AvgIpc) is 2.92. The smallest absolute Gasteiger partial charge is 0.230 e. The Kier molecular flexibility index (Phi) is 5.66. The van der Waals surface area contributed by atoms with Gasteiger partial charge in [-0.15, -0.1) is 0 Å². The summed E-state index contributed by atoms with van der Waals surface area (Å²) in [6, 6.07) is 10.7. The van der Waals surface area contributed by atoms with Crippen LogP contribution < -0.4 is 0 Å². The van der Waals surface area contributed by atoms with Crippen molar-refractivity contribution in [3.8, 4) is 0 Å². The predicted molar refractivity (Wildman–Crippen MR) is 92.8 cm³/mol. The van der Waals surface area contributed by atoms with E-state index in [9.17, 15) is 4.79 Å². The van der Waals surface area contributed by atoms with Crippen molar-refractivity contribution in [1.82, 2.24) is 4.90 Å². The zero-order chi connectivity index (χ0) is 16.3. The molecule has 22 heavy (non-hydrogen) atoms. The minimum atomic E-state index is -0.0157. The van der Waals surface area contributed by atoms with E-state index < -0.39 is 0 Å². The van der Waals surface area contributed by atoms with Gasteiger partial charge in [0.2, 0.25) is 5.91 Å². The maximum absolute atomic E-state index is 13.3. The van der Waals surface area contributed by atoms with E-state index in [1.165, 1.54) is 12.8 Å². The van der Waals surface area contributed by atoms with Gasteiger partial charge in [0.15, 0.2) is 0 Å². The Hall–Kier alpha value is -1.31. The van der Waals surface area contributed by atoms with Crippen LogP contribution in [0.3, 0.4) is 0 Å². The van der Waals surface area contributed by atoms with Crippen LogP contribution in [0.5, 0.6) is 0 Å². The minimum absolute atomic E-state index is 0.0157. The predicted octanol–water partition coefficient (Wildman–Crippen LogP) is 4.71. The maximum atomic E-state index is 13.3. The lowest BCUT2D eigenvalue weighted by Crippen LogP contribution is -2.42. The second-order valence-corrected chi connectivity index (χ2v) is 7.44. The molecule has 1 aromatic rings. The van der Waals surface area contributed by atoms with Crippen LogP contribution >= 0.6 is 0 Å². The molecule has 0 radical (unpaired) electrons. The molecule has 1 aliphatic heterocycles. The minimum Gasteiger partial charge on any atom is -0.339 e. The number of carbonyl (C=O) groups is 1. The number of carbonyl (C=O) groups excluding carboxylic acids is 1. The van der Waals surface area contributed by atoms with Gasteiger partial charge in [-0.05, 0) is 29.7 Å². The van der Waals surface area contributed by atoms with Crippen molar-refractivity contribution in [1.29, 1.82) is 0 Å². The number of amides is 1. The molecule has 1 saturated heterocycles. The zero-order valence-corrected chi connectivity index (χ0v) is 14.8. The molecule has 1 aromatic carbocycles. The van der Waals surface area contributed by atoms with E-state index in [4.69, 9.17) is 0 Å². The average molecular weight is 301 g/mol. The molecule has 3 atom stereocenters. The fourth-order valence-corrected chi connectivity index (χ4v) is 3.79. The SMILES string of the molecule is CCC1C[C@@H](C(C)C)N(C(=O)C(c2ccccc2)C(C)C)C1. The first-order chi connectivity index (χ1) is 10.5. The quantitative estimate of drug-likeness (QED) is 0.771. The second kappa shape index (κ2) is 7.30. The van der Waals surface area contributed by atoms with E-state index in [1.54, 1.807) is 0 Å². The van der Waals surface area contributed by atoms with Crippen molar-refractivity contribution in [2.75, 3.05) is 6.54 Å². The van der Waals surface area contributed by atoms with Crippen molar-refractivity contribution in [3.63, 3.8) is 0 Å². The molecule has 2 unspecified atom stereocenters. The fraction of sp³-hybridized carbons (Fsp3) is 0.650. The summed E-state index contributed by atoms with van der Waals surface area (Å²) >= 11 is 0. The standard InChI is InChI=1S/C20H31NO/c1-6-16-12-18(14(2)3)21(13-16)20(22)19(15(4)5)17-10-8-7-9-11-17/h7-11,14-16,18-19H,6,12-13H2,1-5H3/t16?,18-,19?/m0/s1. The van der Waals surface area contributed by atoms with Crippen molar-refractivity contribution in [2.24, 2.45) is 17.8 Å². The van der Waals surface area contributed by atoms with E-state index in [2.05, 4.69) is 51.7 Å². The summed E-state index contributed by atoms with van der Waals surface area (Å²) in [6.07, 6.45) is 2.34. The first-order valence-corrected chi connectivity index (χ1v) is 8.81. The molecule has 1 amide bonds. The van der Waals surface area contributed by atoms with E-state index in [0.29, 0.717) is 29.7 Å². The molecule has 2 heteroatoms. The highest BCUT2D eigenvalue weighted by Crippen LogP contribution is 2.35. The van der Waals surface area contributed by atoms with Crippen LogP contribution in [0.15, 0.2) is 30.3 Å². The van der Waals surface area contributed by atoms with Gasteiger partial charge in [0.25, 0.3) is 0 Å². The molecule has 122 valence electrons. The monoisotopic (exact) mass is 301 g/mol. The van der Waals surface area contributed by atoms with Crippen molar-refractivity contribution < 1.29 is 4.79 Å². The number of likely N-dealkylation sites (tertiary alicyclic amines) is 1. The van der Waals surface area contributed by atoms with Crippen molar-refractivity contribution in [3.05, 3.63) is 35.9 Å². The number of hydrogen-bond acceptors (Lipinski definition) is 1. The third-order valence-electron chi connectivity index (χ3n) is 5.15. The van der Waals surface area contributed by atoms with Gasteiger partial charge in [0, 0.05) is 12.6 Å². The lowest BCUT2D eigenvalue weighted by molar-refractivity contribution is -0.135. The Bertz CT molecular complexity index is 480. The summed E-state index contributed by atoms with van der Waals surface area (Å²) in [5, 5.41) is 0. The summed E-state index contributed by atoms with van der Waals surface area (Å²) in [7, 11) is 0. The third kappa shape index (κ3) is 3.53. The van der Waals surface area contributed by atoms with Crippen LogP contribution in [0.4, 0.5) is 0 Å². The summed E-state index contributed by atoms with van der Waals surface area (Å²) in [4.78, 5) is 15.5. The van der Waals surface area contributed by atoms with Gasteiger partial charge in [0.05, 0.1) is 5.92 Å². The van der Waals surface area contributed by atoms with Crippen LogP contribution in [0.2, 0.25) is 0 Å². The van der Waals surface area contributed by atoms with Gasteiger partial charge < -0.3 is 4.90 Å². The van der Waals surface area contributed by atoms with Crippen molar-refractivity contribution in [2.45, 2.75) is 59.4 Å². The highest BCUT2D eigenvalue weighted by Gasteiger charge is 2.39. The van der Waals surface area contributed by atoms with Gasteiger partial charge in [-0.2, -0.15) is 0 Å². The molecule has 0 aliphatic carbocycles. The highest BCUT2D eigenvalue weighted by molar-refractivity contribution is 5.84. The van der Waals surface area contributed by atoms with E-state index in [-0.39, 0.29) is 5.92 Å². The highest BCUT2D eigenvalue weighted by atomic mass is 16.2. The van der Waals surface area contributed by atoms with Gasteiger partial charge in [-0.1, -0.05) is 71.4 Å². The van der Waals surface area contributed by atoms with Gasteiger partial charge in [0.1, 0.15) is 0 Å². The molecule has 1 aliphatic rings. The summed E-state index contributed by atoms with van der Waals surface area (Å²) < 4.78 is 0. The van der Waals surface area contributed by atoms with Crippen LogP contribution in [-0.2, 0) is 4.79 Å². The lowest BCUT2D eigenvalue weighted by atomic mass is 9.86. The van der Waals surface area contributed by atoms with Crippen LogP contribution in [0.1, 0.15) is 58.9 Å². The molecular weight excluding hydrogens is 270 g/mol. The zero-order valence-electron chi connectivity index (χ0n) is 14.8. The molecule has 0 saturated carbocycles. The van der Waals surface area contributed by atoms with Gasteiger partial charge in [-0.3, -0.25) is 4.79 Å². The van der Waals surface area contributed by atoms with E-state index >= 15 is 0 Å². The summed E-state index contributed by atoms with van der Waals surface area (Å²) in [5.41, 5.74) is 1.16. The molecule has 1 fully saturated rings. The number of benzene rings is 1. The van der Waals surface area contributed by atoms with E-state index in [1.807, 2.05) is 18.2 Å². The normalized spacial score (nSPS) is 23.3. The van der Waals surface area contributed by atoms with Crippen LogP contribution in [0.25, 0.3) is 0 Å². The topological polar surface area (TPSA) is 20.3 Å². The Morgan fingerprint density at radius 1 is 1.18 bits per heavy atom. The number of rotatable bonds is 5. The molecule has 0 bridgehead atoms. The van der Waals surface area contributed by atoms with Gasteiger partial charge in [-0.25, -0.2) is 0 Å². The number of hydrogen-bond donors (Lipinski definition) is 0. The Balaban J connectivity index is 2.26. The lowest BCUT2D eigenvalue weighted by Gasteiger charge is -2.32. The number of nitrogens with zero attached hydrogens (tertiary/aromatic N) is 1. The maximum Gasteiger partial charge on any atom is 0.230 e. The molecule has 1 heterocycles. The van der Waals surface area contributed by atoms with Crippen LogP contribution in [-0.4, -0.2) is 23.4 Å². The van der Waals surface area contributed by atoms with Gasteiger partial charge >= 0.3 is 0 Å². The molecule has 0 N–H and O–H groups in total. The molecule has 2 rings (SSSR count). The Morgan fingerprint density at radius 2 is 1.82 bits per heavy atom. The molecule has 0 spiro atoms. The Morgan fingerprint density at radius 3 is 2.32 bits per heavy atom. The fourth-order valence-electron chi connectivity index (χ4n) is 3.79. The largest absolute Gasteiger partial charge is 0.339 e. The van der Waals surface area contributed by atoms with Crippen LogP contribution in [0, 0.1) is 17.8 Å². The molecular formula is C20H31NO.